The third kappa shape index (κ3) is 5.55. The van der Waals surface area contributed by atoms with Gasteiger partial charge >= 0.3 is 12.1 Å². The minimum atomic E-state index is -1.11. The predicted molar refractivity (Wildman–Crippen MR) is 57.3 cm³/mol. The van der Waals surface area contributed by atoms with E-state index in [1.807, 2.05) is 0 Å². The molecule has 0 saturated carbocycles. The summed E-state index contributed by atoms with van der Waals surface area (Å²) in [7, 11) is 2.74. The van der Waals surface area contributed by atoms with Crippen LogP contribution in [0.25, 0.3) is 0 Å². The summed E-state index contributed by atoms with van der Waals surface area (Å²) in [6.45, 7) is 5.16. The van der Waals surface area contributed by atoms with E-state index in [2.05, 4.69) is 0 Å². The second-order valence-electron chi connectivity index (χ2n) is 4.42. The summed E-state index contributed by atoms with van der Waals surface area (Å²) in [4.78, 5) is 23.3. The van der Waals surface area contributed by atoms with Gasteiger partial charge < -0.3 is 19.5 Å². The van der Waals surface area contributed by atoms with E-state index in [1.165, 1.54) is 19.1 Å². The second-order valence-corrected chi connectivity index (χ2v) is 4.42. The molecule has 6 heteroatoms. The van der Waals surface area contributed by atoms with E-state index in [1.54, 1.807) is 20.8 Å². The van der Waals surface area contributed by atoms with Gasteiger partial charge in [0, 0.05) is 14.2 Å². The first-order valence-electron chi connectivity index (χ1n) is 4.87. The van der Waals surface area contributed by atoms with E-state index in [-0.39, 0.29) is 6.54 Å². The molecule has 0 aromatic rings. The SMILES string of the molecule is CO[C@@H](CN(C)C(=O)OC(C)(C)C)C(=O)O. The van der Waals surface area contributed by atoms with Gasteiger partial charge in [-0.15, -0.1) is 0 Å². The van der Waals surface area contributed by atoms with Crippen molar-refractivity contribution >= 4 is 12.1 Å². The van der Waals surface area contributed by atoms with Gasteiger partial charge in [0.25, 0.3) is 0 Å². The molecule has 0 unspecified atom stereocenters. The van der Waals surface area contributed by atoms with Crippen LogP contribution >= 0.6 is 0 Å². The van der Waals surface area contributed by atoms with Crippen LogP contribution in [0.4, 0.5) is 4.79 Å². The molecule has 0 heterocycles. The number of amides is 1. The molecule has 0 saturated heterocycles. The van der Waals surface area contributed by atoms with Crippen molar-refractivity contribution in [2.45, 2.75) is 32.5 Å². The average Bonchev–Trinajstić information content (AvgIpc) is 2.10. The van der Waals surface area contributed by atoms with E-state index in [9.17, 15) is 9.59 Å². The largest absolute Gasteiger partial charge is 0.479 e. The minimum absolute atomic E-state index is 0.0548. The van der Waals surface area contributed by atoms with Crippen molar-refractivity contribution in [3.63, 3.8) is 0 Å². The number of methoxy groups -OCH3 is 1. The van der Waals surface area contributed by atoms with Crippen LogP contribution in [0.15, 0.2) is 0 Å². The maximum absolute atomic E-state index is 11.5. The number of carboxylic acid groups (broad SMARTS) is 1. The molecule has 6 nitrogen and oxygen atoms in total. The lowest BCUT2D eigenvalue weighted by atomic mass is 10.2. The van der Waals surface area contributed by atoms with Crippen LogP contribution in [-0.2, 0) is 14.3 Å². The summed E-state index contributed by atoms with van der Waals surface area (Å²) < 4.78 is 9.78. The molecule has 94 valence electrons. The van der Waals surface area contributed by atoms with E-state index in [0.29, 0.717) is 0 Å². The summed E-state index contributed by atoms with van der Waals surface area (Å²) in [6, 6.07) is 0. The molecule has 0 aromatic heterocycles. The lowest BCUT2D eigenvalue weighted by Crippen LogP contribution is -2.41. The Hall–Kier alpha value is -1.30. The number of hydrogen-bond acceptors (Lipinski definition) is 4. The molecule has 0 bridgehead atoms. The number of carboxylic acids is 1. The van der Waals surface area contributed by atoms with Gasteiger partial charge in [-0.2, -0.15) is 0 Å². The molecule has 0 radical (unpaired) electrons. The van der Waals surface area contributed by atoms with Crippen molar-refractivity contribution in [1.82, 2.24) is 4.90 Å². The normalized spacial score (nSPS) is 13.1. The molecule has 1 atom stereocenters. The quantitative estimate of drug-likeness (QED) is 0.782. The molecule has 0 aliphatic rings. The van der Waals surface area contributed by atoms with E-state index in [0.717, 1.165) is 0 Å². The van der Waals surface area contributed by atoms with Gasteiger partial charge in [0.1, 0.15) is 5.60 Å². The Kier molecular flexibility index (Phi) is 5.23. The van der Waals surface area contributed by atoms with Gasteiger partial charge in [0.05, 0.1) is 6.54 Å². The third-order valence-electron chi connectivity index (χ3n) is 1.70. The standard InChI is InChI=1S/C10H19NO5/c1-10(2,3)16-9(14)11(4)6-7(15-5)8(12)13/h7H,6H2,1-5H3,(H,12,13)/t7-/m0/s1. The molecule has 0 aliphatic heterocycles. The lowest BCUT2D eigenvalue weighted by Gasteiger charge is -2.25. The number of hydrogen-bond donors (Lipinski definition) is 1. The highest BCUT2D eigenvalue weighted by atomic mass is 16.6. The highest BCUT2D eigenvalue weighted by molar-refractivity contribution is 5.74. The van der Waals surface area contributed by atoms with Gasteiger partial charge in [0.2, 0.25) is 0 Å². The molecule has 1 amide bonds. The fraction of sp³-hybridized carbons (Fsp3) is 0.800. The number of rotatable bonds is 4. The summed E-state index contributed by atoms with van der Waals surface area (Å²) >= 11 is 0. The molecular formula is C10H19NO5. The third-order valence-corrected chi connectivity index (χ3v) is 1.70. The Morgan fingerprint density at radius 3 is 2.19 bits per heavy atom. The number of nitrogens with zero attached hydrogens (tertiary/aromatic N) is 1. The van der Waals surface area contributed by atoms with Crippen LogP contribution in [0.1, 0.15) is 20.8 Å². The monoisotopic (exact) mass is 233 g/mol. The topological polar surface area (TPSA) is 76.1 Å². The number of carbonyl (C=O) groups is 2. The lowest BCUT2D eigenvalue weighted by molar-refractivity contribution is -0.149. The number of aliphatic carboxylic acids is 1. The molecule has 16 heavy (non-hydrogen) atoms. The van der Waals surface area contributed by atoms with Gasteiger partial charge in [-0.3, -0.25) is 0 Å². The molecule has 1 N–H and O–H groups in total. The molecule has 0 fully saturated rings. The molecule has 0 rings (SSSR count). The van der Waals surface area contributed by atoms with Crippen LogP contribution in [0.3, 0.4) is 0 Å². The zero-order valence-electron chi connectivity index (χ0n) is 10.3. The Balaban J connectivity index is 4.29. The zero-order chi connectivity index (χ0) is 12.9. The Labute approximate surface area is 95.1 Å². The van der Waals surface area contributed by atoms with Crippen LogP contribution in [-0.4, -0.2) is 54.5 Å². The fourth-order valence-corrected chi connectivity index (χ4v) is 0.917. The Bertz CT molecular complexity index is 258. The van der Waals surface area contributed by atoms with Gasteiger partial charge in [-0.1, -0.05) is 0 Å². The van der Waals surface area contributed by atoms with E-state index >= 15 is 0 Å². The fourth-order valence-electron chi connectivity index (χ4n) is 0.917. The summed E-state index contributed by atoms with van der Waals surface area (Å²) in [5.74, 6) is -1.11. The predicted octanol–water partition coefficient (Wildman–Crippen LogP) is 0.953. The number of ether oxygens (including phenoxy) is 2. The van der Waals surface area contributed by atoms with Crippen molar-refractivity contribution in [1.29, 1.82) is 0 Å². The van der Waals surface area contributed by atoms with Gasteiger partial charge in [0.15, 0.2) is 6.10 Å². The van der Waals surface area contributed by atoms with E-state index < -0.39 is 23.8 Å². The first kappa shape index (κ1) is 14.7. The second kappa shape index (κ2) is 5.69. The van der Waals surface area contributed by atoms with E-state index in [4.69, 9.17) is 14.6 Å². The summed E-state index contributed by atoms with van der Waals surface area (Å²) in [6.07, 6.45) is -1.62. The van der Waals surface area contributed by atoms with Crippen LogP contribution in [0.5, 0.6) is 0 Å². The first-order chi connectivity index (χ1) is 7.17. The van der Waals surface area contributed by atoms with Gasteiger partial charge in [-0.25, -0.2) is 9.59 Å². The summed E-state index contributed by atoms with van der Waals surface area (Å²) in [5, 5.41) is 8.73. The maximum Gasteiger partial charge on any atom is 0.410 e. The van der Waals surface area contributed by atoms with Crippen molar-refractivity contribution in [3.05, 3.63) is 0 Å². The van der Waals surface area contributed by atoms with Crippen LogP contribution < -0.4 is 0 Å². The van der Waals surface area contributed by atoms with Crippen LogP contribution in [0, 0.1) is 0 Å². The molecule has 0 aromatic carbocycles. The van der Waals surface area contributed by atoms with Crippen molar-refractivity contribution in [2.75, 3.05) is 20.7 Å². The number of likely N-dealkylation sites (N-methyl/N-ethyl adjacent to an activating group) is 1. The summed E-state index contributed by atoms with van der Waals surface area (Å²) in [5.41, 5.74) is -0.600. The number of carbonyl (C=O) groups excluding carboxylic acids is 1. The van der Waals surface area contributed by atoms with Crippen molar-refractivity contribution in [2.24, 2.45) is 0 Å². The Morgan fingerprint density at radius 1 is 1.38 bits per heavy atom. The van der Waals surface area contributed by atoms with Crippen molar-refractivity contribution < 1.29 is 24.2 Å². The minimum Gasteiger partial charge on any atom is -0.479 e. The average molecular weight is 233 g/mol. The highest BCUT2D eigenvalue weighted by Gasteiger charge is 2.24. The van der Waals surface area contributed by atoms with Crippen LogP contribution in [0.2, 0.25) is 0 Å². The van der Waals surface area contributed by atoms with Gasteiger partial charge in [-0.05, 0) is 20.8 Å². The maximum atomic E-state index is 11.5. The molecular weight excluding hydrogens is 214 g/mol. The van der Waals surface area contributed by atoms with Crippen molar-refractivity contribution in [3.8, 4) is 0 Å². The zero-order valence-corrected chi connectivity index (χ0v) is 10.3. The molecule has 0 spiro atoms. The Morgan fingerprint density at radius 2 is 1.88 bits per heavy atom. The first-order valence-corrected chi connectivity index (χ1v) is 4.87. The molecule has 0 aliphatic carbocycles. The smallest absolute Gasteiger partial charge is 0.410 e. The highest BCUT2D eigenvalue weighted by Crippen LogP contribution is 2.09.